The predicted molar refractivity (Wildman–Crippen MR) is 98.3 cm³/mol. The number of nitrogens with one attached hydrogen (secondary N) is 1. The van der Waals surface area contributed by atoms with Gasteiger partial charge in [0.1, 0.15) is 0 Å². The molecular weight excluding hydrogens is 298 g/mol. The number of aryl methyl sites for hydroxylation is 1. The molecule has 0 saturated heterocycles. The zero-order valence-corrected chi connectivity index (χ0v) is 15.5. The molecule has 2 unspecified atom stereocenters. The predicted octanol–water partition coefficient (Wildman–Crippen LogP) is 4.61. The maximum absolute atomic E-state index is 12.6. The Morgan fingerprint density at radius 3 is 2.25 bits per heavy atom. The van der Waals surface area contributed by atoms with E-state index in [2.05, 4.69) is 55.5 Å². The third kappa shape index (κ3) is 3.86. The van der Waals surface area contributed by atoms with Crippen molar-refractivity contribution >= 4 is 5.91 Å². The first-order valence-electron chi connectivity index (χ1n) is 8.94. The van der Waals surface area contributed by atoms with Gasteiger partial charge < -0.3 is 5.32 Å². The number of rotatable bonds is 7. The van der Waals surface area contributed by atoms with Gasteiger partial charge in [0, 0.05) is 12.2 Å². The normalized spacial score (nSPS) is 13.5. The Balaban J connectivity index is 2.13. The van der Waals surface area contributed by atoms with E-state index in [-0.39, 0.29) is 11.9 Å². The summed E-state index contributed by atoms with van der Waals surface area (Å²) in [4.78, 5) is 12.6. The average Bonchev–Trinajstić information content (AvgIpc) is 2.99. The highest BCUT2D eigenvalue weighted by Crippen LogP contribution is 2.23. The van der Waals surface area contributed by atoms with E-state index in [0.717, 1.165) is 30.6 Å². The molecule has 1 heterocycles. The fourth-order valence-corrected chi connectivity index (χ4v) is 2.94. The van der Waals surface area contributed by atoms with Gasteiger partial charge in [0.15, 0.2) is 0 Å². The van der Waals surface area contributed by atoms with Crippen LogP contribution >= 0.6 is 0 Å². The van der Waals surface area contributed by atoms with Gasteiger partial charge in [-0.25, -0.2) is 0 Å². The second-order valence-electron chi connectivity index (χ2n) is 6.37. The van der Waals surface area contributed by atoms with E-state index >= 15 is 0 Å². The second-order valence-corrected chi connectivity index (χ2v) is 6.37. The zero-order chi connectivity index (χ0) is 17.7. The summed E-state index contributed by atoms with van der Waals surface area (Å²) in [6, 6.07) is 8.65. The van der Waals surface area contributed by atoms with Crippen LogP contribution < -0.4 is 5.32 Å². The van der Waals surface area contributed by atoms with Crippen molar-refractivity contribution in [2.75, 3.05) is 0 Å². The average molecular weight is 327 g/mol. The highest BCUT2D eigenvalue weighted by molar-refractivity contribution is 5.95. The molecule has 24 heavy (non-hydrogen) atoms. The number of amides is 1. The SMILES string of the molecule is CCC(C)c1ccc(C(CC)NC(=O)c2cnn(CC)c2C)cc1. The zero-order valence-electron chi connectivity index (χ0n) is 15.5. The summed E-state index contributed by atoms with van der Waals surface area (Å²) < 4.78 is 1.84. The van der Waals surface area contributed by atoms with Crippen LogP contribution in [0.15, 0.2) is 30.5 Å². The molecule has 130 valence electrons. The smallest absolute Gasteiger partial charge is 0.255 e. The summed E-state index contributed by atoms with van der Waals surface area (Å²) in [6.45, 7) is 11.3. The van der Waals surface area contributed by atoms with Gasteiger partial charge in [-0.1, -0.05) is 45.0 Å². The minimum Gasteiger partial charge on any atom is -0.345 e. The number of carbonyl (C=O) groups is 1. The summed E-state index contributed by atoms with van der Waals surface area (Å²) in [7, 11) is 0. The molecule has 4 nitrogen and oxygen atoms in total. The third-order valence-electron chi connectivity index (χ3n) is 4.88. The molecule has 0 aliphatic carbocycles. The first kappa shape index (κ1) is 18.2. The molecule has 1 N–H and O–H groups in total. The summed E-state index contributed by atoms with van der Waals surface area (Å²) in [5.74, 6) is 0.515. The van der Waals surface area contributed by atoms with E-state index in [1.807, 2.05) is 18.5 Å². The van der Waals surface area contributed by atoms with Gasteiger partial charge >= 0.3 is 0 Å². The molecule has 1 aromatic carbocycles. The van der Waals surface area contributed by atoms with Crippen LogP contribution in [0.25, 0.3) is 0 Å². The van der Waals surface area contributed by atoms with Crippen molar-refractivity contribution < 1.29 is 4.79 Å². The fraction of sp³-hybridized carbons (Fsp3) is 0.500. The molecule has 0 aliphatic heterocycles. The Labute approximate surface area is 145 Å². The van der Waals surface area contributed by atoms with Crippen molar-refractivity contribution in [2.45, 2.75) is 66.0 Å². The molecule has 0 radical (unpaired) electrons. The van der Waals surface area contributed by atoms with E-state index < -0.39 is 0 Å². The van der Waals surface area contributed by atoms with Crippen molar-refractivity contribution in [1.29, 1.82) is 0 Å². The summed E-state index contributed by atoms with van der Waals surface area (Å²) in [5, 5.41) is 7.41. The van der Waals surface area contributed by atoms with E-state index in [1.54, 1.807) is 6.20 Å². The van der Waals surface area contributed by atoms with Crippen molar-refractivity contribution in [3.05, 3.63) is 52.8 Å². The lowest BCUT2D eigenvalue weighted by Gasteiger charge is -2.18. The highest BCUT2D eigenvalue weighted by Gasteiger charge is 2.18. The van der Waals surface area contributed by atoms with E-state index in [1.165, 1.54) is 5.56 Å². The van der Waals surface area contributed by atoms with E-state index in [4.69, 9.17) is 0 Å². The molecule has 0 bridgehead atoms. The van der Waals surface area contributed by atoms with Gasteiger partial charge in [-0.05, 0) is 43.7 Å². The number of carbonyl (C=O) groups excluding carboxylic acids is 1. The highest BCUT2D eigenvalue weighted by atomic mass is 16.1. The van der Waals surface area contributed by atoms with Crippen LogP contribution in [0.1, 0.15) is 79.7 Å². The van der Waals surface area contributed by atoms with Crippen LogP contribution in [-0.2, 0) is 6.54 Å². The van der Waals surface area contributed by atoms with Crippen LogP contribution in [0.2, 0.25) is 0 Å². The number of hydrogen-bond donors (Lipinski definition) is 1. The first-order chi connectivity index (χ1) is 11.5. The summed E-state index contributed by atoms with van der Waals surface area (Å²) in [6.07, 6.45) is 3.65. The monoisotopic (exact) mass is 327 g/mol. The van der Waals surface area contributed by atoms with Gasteiger partial charge in [-0.3, -0.25) is 9.48 Å². The number of nitrogens with zero attached hydrogens (tertiary/aromatic N) is 2. The summed E-state index contributed by atoms with van der Waals surface area (Å²) >= 11 is 0. The van der Waals surface area contributed by atoms with Crippen molar-refractivity contribution in [1.82, 2.24) is 15.1 Å². The lowest BCUT2D eigenvalue weighted by Crippen LogP contribution is -2.28. The van der Waals surface area contributed by atoms with Crippen molar-refractivity contribution in [3.63, 3.8) is 0 Å². The summed E-state index contributed by atoms with van der Waals surface area (Å²) in [5.41, 5.74) is 4.07. The van der Waals surface area contributed by atoms with E-state index in [9.17, 15) is 4.79 Å². The molecule has 1 aromatic heterocycles. The molecule has 2 rings (SSSR count). The van der Waals surface area contributed by atoms with Gasteiger partial charge in [-0.15, -0.1) is 0 Å². The van der Waals surface area contributed by atoms with Crippen molar-refractivity contribution in [2.24, 2.45) is 0 Å². The van der Waals surface area contributed by atoms with Crippen LogP contribution in [0.5, 0.6) is 0 Å². The van der Waals surface area contributed by atoms with Crippen LogP contribution in [0.4, 0.5) is 0 Å². The molecular formula is C20H29N3O. The molecule has 4 heteroatoms. The Morgan fingerprint density at radius 2 is 1.75 bits per heavy atom. The van der Waals surface area contributed by atoms with E-state index in [0.29, 0.717) is 11.5 Å². The van der Waals surface area contributed by atoms with Gasteiger partial charge in [0.05, 0.1) is 17.8 Å². The fourth-order valence-electron chi connectivity index (χ4n) is 2.94. The molecule has 0 aliphatic rings. The third-order valence-corrected chi connectivity index (χ3v) is 4.88. The Bertz CT molecular complexity index is 673. The maximum Gasteiger partial charge on any atom is 0.255 e. The van der Waals surface area contributed by atoms with Gasteiger partial charge in [-0.2, -0.15) is 5.10 Å². The minimum atomic E-state index is -0.0509. The van der Waals surface area contributed by atoms with Gasteiger partial charge in [0.25, 0.3) is 5.91 Å². The van der Waals surface area contributed by atoms with Crippen LogP contribution in [-0.4, -0.2) is 15.7 Å². The molecule has 0 fully saturated rings. The Kier molecular flexibility index (Phi) is 6.18. The molecule has 0 saturated carbocycles. The first-order valence-corrected chi connectivity index (χ1v) is 8.94. The Hall–Kier alpha value is -2.10. The van der Waals surface area contributed by atoms with Crippen LogP contribution in [0, 0.1) is 6.92 Å². The quantitative estimate of drug-likeness (QED) is 0.807. The largest absolute Gasteiger partial charge is 0.345 e. The Morgan fingerprint density at radius 1 is 1.12 bits per heavy atom. The second kappa shape index (κ2) is 8.13. The van der Waals surface area contributed by atoms with Gasteiger partial charge in [0.2, 0.25) is 0 Å². The molecule has 2 aromatic rings. The molecule has 2 atom stereocenters. The molecule has 0 spiro atoms. The minimum absolute atomic E-state index is 0.0212. The van der Waals surface area contributed by atoms with Crippen molar-refractivity contribution in [3.8, 4) is 0 Å². The maximum atomic E-state index is 12.6. The number of benzene rings is 1. The topological polar surface area (TPSA) is 46.9 Å². The lowest BCUT2D eigenvalue weighted by molar-refractivity contribution is 0.0935. The number of aromatic nitrogens is 2. The van der Waals surface area contributed by atoms with Crippen LogP contribution in [0.3, 0.4) is 0 Å². The standard InChI is InChI=1S/C20H29N3O/c1-6-14(4)16-9-11-17(12-10-16)19(7-2)22-20(24)18-13-21-23(8-3)15(18)5/h9-14,19H,6-8H2,1-5H3,(H,22,24). The lowest BCUT2D eigenvalue weighted by atomic mass is 9.95. The molecule has 1 amide bonds. The number of hydrogen-bond acceptors (Lipinski definition) is 2.